The summed E-state index contributed by atoms with van der Waals surface area (Å²) < 4.78 is 0. The zero-order valence-corrected chi connectivity index (χ0v) is 12.5. The Hall–Kier alpha value is -1.59. The van der Waals surface area contributed by atoms with E-state index in [2.05, 4.69) is 5.32 Å². The van der Waals surface area contributed by atoms with Crippen LogP contribution in [0.5, 0.6) is 0 Å². The molecule has 1 heterocycles. The molecule has 118 valence electrons. The van der Waals surface area contributed by atoms with Gasteiger partial charge in [-0.3, -0.25) is 14.4 Å². The number of nitrogens with zero attached hydrogens (tertiary/aromatic N) is 1. The molecular formula is C15H24N2O4. The number of carbonyl (C=O) groups excluding carboxylic acids is 2. The van der Waals surface area contributed by atoms with Crippen LogP contribution in [0, 0.1) is 11.8 Å². The summed E-state index contributed by atoms with van der Waals surface area (Å²) in [7, 11) is 0. The first kappa shape index (κ1) is 15.8. The third-order valence-corrected chi connectivity index (χ3v) is 4.58. The van der Waals surface area contributed by atoms with Crippen molar-refractivity contribution in [1.29, 1.82) is 0 Å². The molecule has 2 aliphatic rings. The fourth-order valence-electron chi connectivity index (χ4n) is 3.47. The maximum absolute atomic E-state index is 12.7. The third-order valence-electron chi connectivity index (χ3n) is 4.58. The van der Waals surface area contributed by atoms with Crippen molar-refractivity contribution in [3.63, 3.8) is 0 Å². The standard InChI is InChI=1S/C15H24N2O4/c1-10(18)16-13(11-5-2-3-6-11)14(19)17-8-4-7-12(9-17)15(20)21/h11-13H,2-9H2,1H3,(H,16,18)(H,20,21)/t12-,13?/m0/s1. The zero-order valence-electron chi connectivity index (χ0n) is 12.5. The van der Waals surface area contributed by atoms with Crippen LogP contribution in [0.3, 0.4) is 0 Å². The molecule has 2 N–H and O–H groups in total. The number of carbonyl (C=O) groups is 3. The molecule has 2 amide bonds. The summed E-state index contributed by atoms with van der Waals surface area (Å²) >= 11 is 0. The third kappa shape index (κ3) is 3.95. The number of piperidine rings is 1. The zero-order chi connectivity index (χ0) is 15.4. The fourth-order valence-corrected chi connectivity index (χ4v) is 3.47. The van der Waals surface area contributed by atoms with Crippen LogP contribution in [-0.4, -0.2) is 46.9 Å². The number of rotatable bonds is 4. The first-order chi connectivity index (χ1) is 9.99. The van der Waals surface area contributed by atoms with Crippen LogP contribution in [0.2, 0.25) is 0 Å². The van der Waals surface area contributed by atoms with E-state index >= 15 is 0 Å². The Balaban J connectivity index is 2.05. The predicted octanol–water partition coefficient (Wildman–Crippen LogP) is 1.00. The van der Waals surface area contributed by atoms with Crippen LogP contribution in [0.15, 0.2) is 0 Å². The van der Waals surface area contributed by atoms with Crippen LogP contribution < -0.4 is 5.32 Å². The summed E-state index contributed by atoms with van der Waals surface area (Å²) in [5.41, 5.74) is 0. The molecular weight excluding hydrogens is 272 g/mol. The lowest BCUT2D eigenvalue weighted by molar-refractivity contribution is -0.147. The summed E-state index contributed by atoms with van der Waals surface area (Å²) in [6.07, 6.45) is 5.41. The van der Waals surface area contributed by atoms with Gasteiger partial charge in [0, 0.05) is 20.0 Å². The maximum Gasteiger partial charge on any atom is 0.308 e. The first-order valence-electron chi connectivity index (χ1n) is 7.77. The van der Waals surface area contributed by atoms with Gasteiger partial charge < -0.3 is 15.3 Å². The van der Waals surface area contributed by atoms with E-state index in [1.54, 1.807) is 4.90 Å². The van der Waals surface area contributed by atoms with Gasteiger partial charge in [-0.15, -0.1) is 0 Å². The number of likely N-dealkylation sites (tertiary alicyclic amines) is 1. The van der Waals surface area contributed by atoms with Crippen molar-refractivity contribution in [1.82, 2.24) is 10.2 Å². The summed E-state index contributed by atoms with van der Waals surface area (Å²) in [5, 5.41) is 11.9. The largest absolute Gasteiger partial charge is 0.481 e. The topological polar surface area (TPSA) is 86.7 Å². The van der Waals surface area contributed by atoms with Gasteiger partial charge >= 0.3 is 5.97 Å². The Morgan fingerprint density at radius 3 is 2.38 bits per heavy atom. The lowest BCUT2D eigenvalue weighted by Gasteiger charge is -2.35. The number of hydrogen-bond acceptors (Lipinski definition) is 3. The number of aliphatic carboxylic acids is 1. The molecule has 0 radical (unpaired) electrons. The van der Waals surface area contributed by atoms with Gasteiger partial charge in [-0.05, 0) is 31.6 Å². The number of carboxylic acids is 1. The number of nitrogens with one attached hydrogen (secondary N) is 1. The normalized spacial score (nSPS) is 24.6. The first-order valence-corrected chi connectivity index (χ1v) is 7.77. The molecule has 1 aliphatic heterocycles. The van der Waals surface area contributed by atoms with Gasteiger partial charge in [0.15, 0.2) is 0 Å². The molecule has 1 saturated carbocycles. The van der Waals surface area contributed by atoms with Crippen molar-refractivity contribution in [3.8, 4) is 0 Å². The predicted molar refractivity (Wildman–Crippen MR) is 76.5 cm³/mol. The molecule has 0 spiro atoms. The van der Waals surface area contributed by atoms with Crippen molar-refractivity contribution in [2.45, 2.75) is 51.5 Å². The van der Waals surface area contributed by atoms with Crippen molar-refractivity contribution in [2.24, 2.45) is 11.8 Å². The van der Waals surface area contributed by atoms with Gasteiger partial charge in [-0.1, -0.05) is 12.8 Å². The molecule has 0 bridgehead atoms. The van der Waals surface area contributed by atoms with Crippen LogP contribution in [-0.2, 0) is 14.4 Å². The lowest BCUT2D eigenvalue weighted by atomic mass is 9.93. The quantitative estimate of drug-likeness (QED) is 0.810. The van der Waals surface area contributed by atoms with Gasteiger partial charge in [-0.2, -0.15) is 0 Å². The van der Waals surface area contributed by atoms with Crippen molar-refractivity contribution in [3.05, 3.63) is 0 Å². The molecule has 2 atom stereocenters. The van der Waals surface area contributed by atoms with Crippen LogP contribution in [0.4, 0.5) is 0 Å². The van der Waals surface area contributed by atoms with Gasteiger partial charge in [0.05, 0.1) is 5.92 Å². The van der Waals surface area contributed by atoms with E-state index in [4.69, 9.17) is 5.11 Å². The highest BCUT2D eigenvalue weighted by molar-refractivity contribution is 5.87. The van der Waals surface area contributed by atoms with E-state index < -0.39 is 17.9 Å². The monoisotopic (exact) mass is 296 g/mol. The number of carboxylic acid groups (broad SMARTS) is 1. The molecule has 21 heavy (non-hydrogen) atoms. The summed E-state index contributed by atoms with van der Waals surface area (Å²) in [4.78, 5) is 36.8. The maximum atomic E-state index is 12.7. The average molecular weight is 296 g/mol. The highest BCUT2D eigenvalue weighted by Gasteiger charge is 2.36. The molecule has 2 fully saturated rings. The van der Waals surface area contributed by atoms with Gasteiger partial charge in [0.2, 0.25) is 11.8 Å². The van der Waals surface area contributed by atoms with Crippen molar-refractivity contribution < 1.29 is 19.5 Å². The molecule has 0 aromatic rings. The highest BCUT2D eigenvalue weighted by atomic mass is 16.4. The second-order valence-electron chi connectivity index (χ2n) is 6.18. The minimum atomic E-state index is -0.843. The van der Waals surface area contributed by atoms with Gasteiger partial charge in [-0.25, -0.2) is 0 Å². The SMILES string of the molecule is CC(=O)NC(C(=O)N1CCC[C@H](C(=O)O)C1)C1CCCC1. The fraction of sp³-hybridized carbons (Fsp3) is 0.800. The van der Waals surface area contributed by atoms with E-state index in [9.17, 15) is 14.4 Å². The summed E-state index contributed by atoms with van der Waals surface area (Å²) in [5.74, 6) is -1.45. The molecule has 1 unspecified atom stereocenters. The number of amides is 2. The molecule has 2 rings (SSSR count). The average Bonchev–Trinajstić information content (AvgIpc) is 2.98. The molecule has 1 saturated heterocycles. The number of hydrogen-bond donors (Lipinski definition) is 2. The lowest BCUT2D eigenvalue weighted by Crippen LogP contribution is -2.54. The van der Waals surface area contributed by atoms with Crippen LogP contribution >= 0.6 is 0 Å². The van der Waals surface area contributed by atoms with E-state index in [0.717, 1.165) is 25.7 Å². The van der Waals surface area contributed by atoms with Gasteiger partial charge in [0.1, 0.15) is 6.04 Å². The highest BCUT2D eigenvalue weighted by Crippen LogP contribution is 2.29. The van der Waals surface area contributed by atoms with E-state index in [-0.39, 0.29) is 24.3 Å². The minimum Gasteiger partial charge on any atom is -0.481 e. The molecule has 0 aromatic carbocycles. The molecule has 6 nitrogen and oxygen atoms in total. The Bertz CT molecular complexity index is 418. The second kappa shape index (κ2) is 6.91. The molecule has 6 heteroatoms. The summed E-state index contributed by atoms with van der Waals surface area (Å²) in [6.45, 7) is 2.27. The smallest absolute Gasteiger partial charge is 0.308 e. The minimum absolute atomic E-state index is 0.108. The summed E-state index contributed by atoms with van der Waals surface area (Å²) in [6, 6.07) is -0.488. The Morgan fingerprint density at radius 2 is 1.81 bits per heavy atom. The van der Waals surface area contributed by atoms with Gasteiger partial charge in [0.25, 0.3) is 0 Å². The van der Waals surface area contributed by atoms with Crippen molar-refractivity contribution >= 4 is 17.8 Å². The van der Waals surface area contributed by atoms with Crippen LogP contribution in [0.1, 0.15) is 45.4 Å². The van der Waals surface area contributed by atoms with E-state index in [0.29, 0.717) is 19.4 Å². The van der Waals surface area contributed by atoms with E-state index in [1.165, 1.54) is 6.92 Å². The van der Waals surface area contributed by atoms with E-state index in [1.807, 2.05) is 0 Å². The molecule has 1 aliphatic carbocycles. The Morgan fingerprint density at radius 1 is 1.14 bits per heavy atom. The van der Waals surface area contributed by atoms with Crippen molar-refractivity contribution in [2.75, 3.05) is 13.1 Å². The van der Waals surface area contributed by atoms with Crippen LogP contribution in [0.25, 0.3) is 0 Å². The Kier molecular flexibility index (Phi) is 5.20. The second-order valence-corrected chi connectivity index (χ2v) is 6.18. The molecule has 0 aromatic heterocycles. The Labute approximate surface area is 124 Å².